The van der Waals surface area contributed by atoms with Gasteiger partial charge in [0.1, 0.15) is 5.75 Å². The molecule has 1 N–H and O–H groups in total. The van der Waals surface area contributed by atoms with E-state index in [2.05, 4.69) is 4.90 Å². The Morgan fingerprint density at radius 1 is 1.38 bits per heavy atom. The summed E-state index contributed by atoms with van der Waals surface area (Å²) < 4.78 is 11.1. The van der Waals surface area contributed by atoms with Gasteiger partial charge >= 0.3 is 0 Å². The smallest absolute Gasteiger partial charge is 0.231 e. The van der Waals surface area contributed by atoms with E-state index < -0.39 is 0 Å². The zero-order valence-electron chi connectivity index (χ0n) is 11.9. The Balaban J connectivity index is 2.12. The van der Waals surface area contributed by atoms with E-state index in [4.69, 9.17) is 21.1 Å². The molecule has 0 saturated heterocycles. The van der Waals surface area contributed by atoms with E-state index in [-0.39, 0.29) is 23.8 Å². The molecule has 2 atom stereocenters. The van der Waals surface area contributed by atoms with Crippen LogP contribution in [0.25, 0.3) is 10.8 Å². The standard InChI is InChI=1S/C16H16ClNO3/c1-8(17)10-6-18(2)11-5-12(19)9-3-4-13-16(21-7-20-13)15(9)14(10)11/h3-5,8,10,19H,6-7H2,1-2H3. The minimum atomic E-state index is -0.000351. The maximum absolute atomic E-state index is 10.4. The molecule has 0 aromatic heterocycles. The summed E-state index contributed by atoms with van der Waals surface area (Å²) in [5.41, 5.74) is 2.16. The van der Waals surface area contributed by atoms with E-state index in [1.165, 1.54) is 0 Å². The number of hydrogen-bond donors (Lipinski definition) is 1. The number of aromatic hydroxyl groups is 1. The molecule has 2 aromatic rings. The molecule has 0 aliphatic carbocycles. The Morgan fingerprint density at radius 3 is 2.95 bits per heavy atom. The van der Waals surface area contributed by atoms with Crippen molar-refractivity contribution < 1.29 is 14.6 Å². The van der Waals surface area contributed by atoms with Crippen LogP contribution in [0.2, 0.25) is 0 Å². The van der Waals surface area contributed by atoms with Gasteiger partial charge in [0.25, 0.3) is 0 Å². The Hall–Kier alpha value is -1.81. The second-order valence-electron chi connectivity index (χ2n) is 5.71. The maximum Gasteiger partial charge on any atom is 0.231 e. The number of anilines is 1. The van der Waals surface area contributed by atoms with Gasteiger partial charge in [-0.25, -0.2) is 0 Å². The van der Waals surface area contributed by atoms with Crippen LogP contribution in [0.3, 0.4) is 0 Å². The molecule has 0 fully saturated rings. The van der Waals surface area contributed by atoms with Crippen molar-refractivity contribution in [3.63, 3.8) is 0 Å². The van der Waals surface area contributed by atoms with E-state index in [0.29, 0.717) is 0 Å². The summed E-state index contributed by atoms with van der Waals surface area (Å²) in [7, 11) is 2.02. The summed E-state index contributed by atoms with van der Waals surface area (Å²) in [5.74, 6) is 1.91. The third kappa shape index (κ3) is 1.69. The molecular weight excluding hydrogens is 290 g/mol. The molecule has 0 saturated carbocycles. The molecule has 0 spiro atoms. The Kier molecular flexibility index (Phi) is 2.67. The highest BCUT2D eigenvalue weighted by atomic mass is 35.5. The first-order chi connectivity index (χ1) is 10.1. The predicted octanol–water partition coefficient (Wildman–Crippen LogP) is 3.43. The van der Waals surface area contributed by atoms with E-state index in [0.717, 1.165) is 40.1 Å². The number of hydrogen-bond acceptors (Lipinski definition) is 4. The van der Waals surface area contributed by atoms with Crippen molar-refractivity contribution in [1.29, 1.82) is 0 Å². The second-order valence-corrected chi connectivity index (χ2v) is 6.40. The normalized spacial score (nSPS) is 20.9. The summed E-state index contributed by atoms with van der Waals surface area (Å²) in [6.45, 7) is 3.06. The van der Waals surface area contributed by atoms with Crippen LogP contribution in [0, 0.1) is 0 Å². The fourth-order valence-electron chi connectivity index (χ4n) is 3.42. The highest BCUT2D eigenvalue weighted by Gasteiger charge is 2.35. The molecule has 2 aromatic carbocycles. The minimum Gasteiger partial charge on any atom is -0.507 e. The monoisotopic (exact) mass is 305 g/mol. The van der Waals surface area contributed by atoms with Gasteiger partial charge in [0.2, 0.25) is 6.79 Å². The first kappa shape index (κ1) is 12.9. The highest BCUT2D eigenvalue weighted by molar-refractivity contribution is 6.21. The lowest BCUT2D eigenvalue weighted by atomic mass is 9.91. The van der Waals surface area contributed by atoms with E-state index in [1.54, 1.807) is 0 Å². The van der Waals surface area contributed by atoms with Crippen LogP contribution in [-0.4, -0.2) is 30.9 Å². The lowest BCUT2D eigenvalue weighted by molar-refractivity contribution is 0.175. The molecular formula is C16H16ClNO3. The van der Waals surface area contributed by atoms with E-state index in [1.807, 2.05) is 32.2 Å². The van der Waals surface area contributed by atoms with Gasteiger partial charge in [0, 0.05) is 47.4 Å². The summed E-state index contributed by atoms with van der Waals surface area (Å²) in [6, 6.07) is 5.54. The zero-order valence-corrected chi connectivity index (χ0v) is 12.6. The number of nitrogens with zero attached hydrogens (tertiary/aromatic N) is 1. The topological polar surface area (TPSA) is 41.9 Å². The summed E-state index contributed by atoms with van der Waals surface area (Å²) >= 11 is 6.41. The number of alkyl halides is 1. The van der Waals surface area contributed by atoms with Crippen molar-refractivity contribution in [2.24, 2.45) is 0 Å². The van der Waals surface area contributed by atoms with Gasteiger partial charge in [-0.05, 0) is 24.6 Å². The first-order valence-electron chi connectivity index (χ1n) is 7.01. The molecule has 110 valence electrons. The molecule has 0 bridgehead atoms. The number of phenolic OH excluding ortho intramolecular Hbond substituents is 1. The molecule has 0 amide bonds. The number of rotatable bonds is 1. The first-order valence-corrected chi connectivity index (χ1v) is 7.45. The SMILES string of the molecule is CC(Cl)C1CN(C)c2cc(O)c3ccc4c(c3c21)OCO4. The Bertz CT molecular complexity index is 744. The van der Waals surface area contributed by atoms with Crippen molar-refractivity contribution in [3.05, 3.63) is 23.8 Å². The fourth-order valence-corrected chi connectivity index (χ4v) is 3.62. The average Bonchev–Trinajstić information content (AvgIpc) is 3.04. The molecule has 2 aliphatic heterocycles. The van der Waals surface area contributed by atoms with E-state index in [9.17, 15) is 5.11 Å². The van der Waals surface area contributed by atoms with Gasteiger partial charge in [-0.3, -0.25) is 0 Å². The van der Waals surface area contributed by atoms with Gasteiger partial charge in [0.15, 0.2) is 11.5 Å². The number of fused-ring (bicyclic) bond motifs is 5. The number of likely N-dealkylation sites (N-methyl/N-ethyl adjacent to an activating group) is 1. The summed E-state index contributed by atoms with van der Waals surface area (Å²) in [6.07, 6.45) is 0. The predicted molar refractivity (Wildman–Crippen MR) is 83.1 cm³/mol. The number of ether oxygens (including phenoxy) is 2. The Morgan fingerprint density at radius 2 is 2.19 bits per heavy atom. The van der Waals surface area contributed by atoms with Crippen LogP contribution < -0.4 is 14.4 Å². The molecule has 2 aliphatic rings. The Labute approximate surface area is 127 Å². The lowest BCUT2D eigenvalue weighted by Gasteiger charge is -2.16. The maximum atomic E-state index is 10.4. The van der Waals surface area contributed by atoms with Gasteiger partial charge in [-0.15, -0.1) is 11.6 Å². The zero-order chi connectivity index (χ0) is 14.7. The van der Waals surface area contributed by atoms with Crippen LogP contribution in [0.1, 0.15) is 18.4 Å². The van der Waals surface area contributed by atoms with Crippen LogP contribution >= 0.6 is 11.6 Å². The van der Waals surface area contributed by atoms with Crippen LogP contribution in [-0.2, 0) is 0 Å². The molecule has 2 unspecified atom stereocenters. The number of phenols is 1. The van der Waals surface area contributed by atoms with Crippen molar-refractivity contribution in [3.8, 4) is 17.2 Å². The van der Waals surface area contributed by atoms with Crippen LogP contribution in [0.15, 0.2) is 18.2 Å². The molecule has 4 rings (SSSR count). The lowest BCUT2D eigenvalue weighted by Crippen LogP contribution is -2.19. The van der Waals surface area contributed by atoms with Gasteiger partial charge in [0.05, 0.1) is 0 Å². The third-order valence-corrected chi connectivity index (χ3v) is 4.75. The second kappa shape index (κ2) is 4.34. The quantitative estimate of drug-likeness (QED) is 0.820. The van der Waals surface area contributed by atoms with Crippen LogP contribution in [0.5, 0.6) is 17.2 Å². The fraction of sp³-hybridized carbons (Fsp3) is 0.375. The highest BCUT2D eigenvalue weighted by Crippen LogP contribution is 2.52. The van der Waals surface area contributed by atoms with Crippen LogP contribution in [0.4, 0.5) is 5.69 Å². The summed E-state index contributed by atoms with van der Waals surface area (Å²) in [4.78, 5) is 2.13. The largest absolute Gasteiger partial charge is 0.507 e. The van der Waals surface area contributed by atoms with Crippen molar-refractivity contribution in [1.82, 2.24) is 0 Å². The van der Waals surface area contributed by atoms with Gasteiger partial charge < -0.3 is 19.5 Å². The number of halogens is 1. The van der Waals surface area contributed by atoms with Crippen molar-refractivity contribution in [2.75, 3.05) is 25.3 Å². The molecule has 5 heteroatoms. The van der Waals surface area contributed by atoms with Crippen molar-refractivity contribution in [2.45, 2.75) is 18.2 Å². The molecule has 4 nitrogen and oxygen atoms in total. The van der Waals surface area contributed by atoms with Gasteiger partial charge in [-0.1, -0.05) is 0 Å². The van der Waals surface area contributed by atoms with E-state index >= 15 is 0 Å². The van der Waals surface area contributed by atoms with Crippen molar-refractivity contribution >= 4 is 28.1 Å². The number of benzene rings is 2. The molecule has 21 heavy (non-hydrogen) atoms. The molecule has 2 heterocycles. The summed E-state index contributed by atoms with van der Waals surface area (Å²) in [5, 5.41) is 12.1. The third-order valence-electron chi connectivity index (χ3n) is 4.44. The molecule has 0 radical (unpaired) electrons. The van der Waals surface area contributed by atoms with Gasteiger partial charge in [-0.2, -0.15) is 0 Å². The minimum absolute atomic E-state index is 0.000351. The average molecular weight is 306 g/mol.